The average molecular weight is 424 g/mol. The first-order valence-corrected chi connectivity index (χ1v) is 10.6. The van der Waals surface area contributed by atoms with Crippen molar-refractivity contribution in [2.24, 2.45) is 0 Å². The molecule has 2 N–H and O–H groups in total. The van der Waals surface area contributed by atoms with Crippen molar-refractivity contribution in [3.8, 4) is 5.75 Å². The van der Waals surface area contributed by atoms with Crippen LogP contribution in [0.25, 0.3) is 0 Å². The Hall–Kier alpha value is -3.19. The highest BCUT2D eigenvalue weighted by atomic mass is 32.1. The fourth-order valence-electron chi connectivity index (χ4n) is 3.57. The number of carbonyl (C=O) groups excluding carboxylic acids is 2. The van der Waals surface area contributed by atoms with E-state index in [-0.39, 0.29) is 11.5 Å². The van der Waals surface area contributed by atoms with Gasteiger partial charge < -0.3 is 15.4 Å². The Kier molecular flexibility index (Phi) is 5.81. The van der Waals surface area contributed by atoms with E-state index >= 15 is 0 Å². The van der Waals surface area contributed by atoms with Crippen molar-refractivity contribution >= 4 is 33.8 Å². The van der Waals surface area contributed by atoms with Gasteiger partial charge in [-0.3, -0.25) is 9.59 Å². The van der Waals surface area contributed by atoms with E-state index in [1.54, 1.807) is 12.1 Å². The molecule has 1 aliphatic carbocycles. The van der Waals surface area contributed by atoms with E-state index in [0.29, 0.717) is 28.6 Å². The molecular weight excluding hydrogens is 403 g/mol. The van der Waals surface area contributed by atoms with Crippen LogP contribution in [0.2, 0.25) is 0 Å². The van der Waals surface area contributed by atoms with Gasteiger partial charge in [0.25, 0.3) is 11.8 Å². The zero-order valence-corrected chi connectivity index (χ0v) is 17.3. The number of nitrogens with one attached hydrogen (secondary N) is 2. The molecule has 2 amide bonds. The molecule has 2 aromatic carbocycles. The van der Waals surface area contributed by atoms with E-state index in [4.69, 9.17) is 4.74 Å². The highest BCUT2D eigenvalue weighted by molar-refractivity contribution is 7.17. The molecule has 0 unspecified atom stereocenters. The lowest BCUT2D eigenvalue weighted by Crippen LogP contribution is -2.18. The number of thiophene rings is 1. The largest absolute Gasteiger partial charge is 0.492 e. The van der Waals surface area contributed by atoms with Crippen molar-refractivity contribution in [2.45, 2.75) is 26.2 Å². The molecule has 3 aromatic rings. The monoisotopic (exact) mass is 424 g/mol. The topological polar surface area (TPSA) is 67.4 Å². The van der Waals surface area contributed by atoms with Crippen molar-refractivity contribution in [1.82, 2.24) is 0 Å². The summed E-state index contributed by atoms with van der Waals surface area (Å²) in [6.45, 7) is 2.36. The second kappa shape index (κ2) is 8.67. The predicted octanol–water partition coefficient (Wildman–Crippen LogP) is 5.28. The van der Waals surface area contributed by atoms with Crippen molar-refractivity contribution in [3.63, 3.8) is 0 Å². The fourth-order valence-corrected chi connectivity index (χ4v) is 4.86. The minimum Gasteiger partial charge on any atom is -0.492 e. The highest BCUT2D eigenvalue weighted by Crippen LogP contribution is 2.40. The minimum absolute atomic E-state index is 0.205. The van der Waals surface area contributed by atoms with Gasteiger partial charge >= 0.3 is 0 Å². The smallest absolute Gasteiger partial charge is 0.259 e. The first kappa shape index (κ1) is 20.1. The molecule has 1 aromatic heterocycles. The number of rotatable bonds is 6. The zero-order valence-electron chi connectivity index (χ0n) is 16.5. The third kappa shape index (κ3) is 4.07. The minimum atomic E-state index is -0.484. The summed E-state index contributed by atoms with van der Waals surface area (Å²) in [4.78, 5) is 27.0. The molecule has 0 bridgehead atoms. The number of amides is 2. The Morgan fingerprint density at radius 3 is 2.70 bits per heavy atom. The van der Waals surface area contributed by atoms with Crippen LogP contribution in [-0.4, -0.2) is 18.4 Å². The van der Waals surface area contributed by atoms with Gasteiger partial charge in [-0.05, 0) is 62.1 Å². The summed E-state index contributed by atoms with van der Waals surface area (Å²) in [5.41, 5.74) is 2.23. The summed E-state index contributed by atoms with van der Waals surface area (Å²) >= 11 is 1.41. The summed E-state index contributed by atoms with van der Waals surface area (Å²) in [5, 5.41) is 6.22. The summed E-state index contributed by atoms with van der Waals surface area (Å²) in [7, 11) is 0. The Labute approximate surface area is 177 Å². The maximum Gasteiger partial charge on any atom is 0.259 e. The van der Waals surface area contributed by atoms with Crippen LogP contribution in [0.1, 0.15) is 44.5 Å². The molecule has 0 saturated heterocycles. The molecule has 0 radical (unpaired) electrons. The number of hydrogen-bond acceptors (Lipinski definition) is 4. The Bertz CT molecular complexity index is 1110. The number of hydrogen-bond donors (Lipinski definition) is 2. The molecule has 7 heteroatoms. The van der Waals surface area contributed by atoms with Gasteiger partial charge in [0.1, 0.15) is 16.6 Å². The van der Waals surface area contributed by atoms with Gasteiger partial charge in [-0.1, -0.05) is 18.2 Å². The first-order valence-electron chi connectivity index (χ1n) is 9.81. The van der Waals surface area contributed by atoms with E-state index in [1.165, 1.54) is 35.6 Å². The van der Waals surface area contributed by atoms with Crippen molar-refractivity contribution in [1.29, 1.82) is 0 Å². The van der Waals surface area contributed by atoms with E-state index in [9.17, 15) is 14.0 Å². The standard InChI is InChI=1S/C23H21FN2O3S/c1-2-29-18-11-4-3-10-17(18)25-22(28)20-16-9-6-12-19(16)30-23(20)26-21(27)14-7-5-8-15(24)13-14/h3-5,7-8,10-11,13H,2,6,9,12H2,1H3,(H,25,28)(H,26,27). The maximum atomic E-state index is 13.5. The molecule has 154 valence electrons. The molecule has 0 spiro atoms. The second-order valence-corrected chi connectivity index (χ2v) is 8.01. The van der Waals surface area contributed by atoms with Gasteiger partial charge in [0.15, 0.2) is 0 Å². The molecule has 30 heavy (non-hydrogen) atoms. The normalized spacial score (nSPS) is 12.3. The molecule has 0 fully saturated rings. The number of aryl methyl sites for hydroxylation is 1. The molecule has 0 atom stereocenters. The number of anilines is 2. The van der Waals surface area contributed by atoms with Gasteiger partial charge in [0.05, 0.1) is 17.9 Å². The van der Waals surface area contributed by atoms with Crippen LogP contribution in [0.15, 0.2) is 48.5 Å². The number of fused-ring (bicyclic) bond motifs is 1. The highest BCUT2D eigenvalue weighted by Gasteiger charge is 2.28. The number of ether oxygens (including phenoxy) is 1. The molecular formula is C23H21FN2O3S. The van der Waals surface area contributed by atoms with Crippen LogP contribution in [0.3, 0.4) is 0 Å². The number of benzene rings is 2. The van der Waals surface area contributed by atoms with Gasteiger partial charge in [-0.15, -0.1) is 11.3 Å². The molecule has 4 rings (SSSR count). The Morgan fingerprint density at radius 1 is 1.07 bits per heavy atom. The average Bonchev–Trinajstić information content (AvgIpc) is 3.30. The van der Waals surface area contributed by atoms with E-state index in [2.05, 4.69) is 10.6 Å². The lowest BCUT2D eigenvalue weighted by atomic mass is 10.1. The van der Waals surface area contributed by atoms with Crippen LogP contribution in [0.4, 0.5) is 15.1 Å². The van der Waals surface area contributed by atoms with Crippen molar-refractivity contribution < 1.29 is 18.7 Å². The van der Waals surface area contributed by atoms with Crippen LogP contribution < -0.4 is 15.4 Å². The second-order valence-electron chi connectivity index (χ2n) is 6.91. The van der Waals surface area contributed by atoms with Crippen molar-refractivity contribution in [3.05, 3.63) is 75.9 Å². The summed E-state index contributed by atoms with van der Waals surface area (Å²) in [6, 6.07) is 12.7. The predicted molar refractivity (Wildman–Crippen MR) is 116 cm³/mol. The summed E-state index contributed by atoms with van der Waals surface area (Å²) in [5.74, 6) is -0.637. The lowest BCUT2D eigenvalue weighted by molar-refractivity contribution is 0.102. The third-order valence-electron chi connectivity index (χ3n) is 4.90. The molecule has 0 aliphatic heterocycles. The number of para-hydroxylation sites is 2. The molecule has 0 saturated carbocycles. The van der Waals surface area contributed by atoms with E-state index in [0.717, 1.165) is 29.7 Å². The SMILES string of the molecule is CCOc1ccccc1NC(=O)c1c(NC(=O)c2cccc(F)c2)sc2c1CCC2. The van der Waals surface area contributed by atoms with Gasteiger partial charge in [-0.2, -0.15) is 0 Å². The van der Waals surface area contributed by atoms with Crippen LogP contribution in [0, 0.1) is 5.82 Å². The summed E-state index contributed by atoms with van der Waals surface area (Å²) < 4.78 is 19.1. The van der Waals surface area contributed by atoms with Crippen LogP contribution in [0.5, 0.6) is 5.75 Å². The fraction of sp³-hybridized carbons (Fsp3) is 0.217. The zero-order chi connectivity index (χ0) is 21.1. The number of carbonyl (C=O) groups is 2. The van der Waals surface area contributed by atoms with Gasteiger partial charge in [-0.25, -0.2) is 4.39 Å². The van der Waals surface area contributed by atoms with Crippen LogP contribution in [-0.2, 0) is 12.8 Å². The third-order valence-corrected chi connectivity index (χ3v) is 6.10. The van der Waals surface area contributed by atoms with Gasteiger partial charge in [0.2, 0.25) is 0 Å². The lowest BCUT2D eigenvalue weighted by Gasteiger charge is -2.13. The van der Waals surface area contributed by atoms with E-state index < -0.39 is 11.7 Å². The number of halogens is 1. The first-order chi connectivity index (χ1) is 14.6. The Morgan fingerprint density at radius 2 is 1.90 bits per heavy atom. The quantitative estimate of drug-likeness (QED) is 0.566. The summed E-state index contributed by atoms with van der Waals surface area (Å²) in [6.07, 6.45) is 2.65. The van der Waals surface area contributed by atoms with E-state index in [1.807, 2.05) is 19.1 Å². The Balaban J connectivity index is 1.63. The van der Waals surface area contributed by atoms with Crippen LogP contribution >= 0.6 is 11.3 Å². The molecule has 5 nitrogen and oxygen atoms in total. The molecule has 1 aliphatic rings. The van der Waals surface area contributed by atoms with Crippen molar-refractivity contribution in [2.75, 3.05) is 17.2 Å². The molecule has 1 heterocycles. The maximum absolute atomic E-state index is 13.5. The van der Waals surface area contributed by atoms with Gasteiger partial charge in [0, 0.05) is 10.4 Å².